The molecule has 1 saturated heterocycles. The van der Waals surface area contributed by atoms with E-state index in [1.165, 1.54) is 4.90 Å². The zero-order valence-electron chi connectivity index (χ0n) is 17.7. The van der Waals surface area contributed by atoms with Crippen LogP contribution in [-0.4, -0.2) is 30.3 Å². The first kappa shape index (κ1) is 20.8. The van der Waals surface area contributed by atoms with Gasteiger partial charge in [-0.3, -0.25) is 4.90 Å². The number of carbonyl (C=O) groups excluding carboxylic acids is 1. The number of hydrogen-bond acceptors (Lipinski definition) is 5. The third-order valence-electron chi connectivity index (χ3n) is 5.61. The highest BCUT2D eigenvalue weighted by atomic mass is 16.6. The zero-order valence-corrected chi connectivity index (χ0v) is 17.7. The highest BCUT2D eigenvalue weighted by Crippen LogP contribution is 2.47. The molecule has 2 unspecified atom stereocenters. The Morgan fingerprint density at radius 3 is 2.00 bits per heavy atom. The second kappa shape index (κ2) is 8.32. The lowest BCUT2D eigenvalue weighted by atomic mass is 9.90. The van der Waals surface area contributed by atoms with Gasteiger partial charge in [-0.05, 0) is 42.3 Å². The van der Waals surface area contributed by atoms with E-state index < -0.39 is 17.9 Å². The van der Waals surface area contributed by atoms with E-state index in [2.05, 4.69) is 0 Å². The topological polar surface area (TPSA) is 68.2 Å². The Morgan fingerprint density at radius 2 is 1.45 bits per heavy atom. The van der Waals surface area contributed by atoms with E-state index in [4.69, 9.17) is 14.2 Å². The van der Waals surface area contributed by atoms with Crippen LogP contribution in [0, 0.1) is 6.92 Å². The number of hydrogen-bond donors (Lipinski definition) is 1. The van der Waals surface area contributed by atoms with Crippen LogP contribution >= 0.6 is 0 Å². The molecule has 1 amide bonds. The molecule has 31 heavy (non-hydrogen) atoms. The summed E-state index contributed by atoms with van der Waals surface area (Å²) in [5, 5.41) is 12.0. The van der Waals surface area contributed by atoms with Crippen LogP contribution in [0.2, 0.25) is 0 Å². The van der Waals surface area contributed by atoms with Crippen LogP contribution in [0.4, 0.5) is 4.79 Å². The van der Waals surface area contributed by atoms with Crippen molar-refractivity contribution in [1.29, 1.82) is 0 Å². The molecule has 0 aromatic heterocycles. The van der Waals surface area contributed by atoms with Crippen molar-refractivity contribution in [3.8, 4) is 11.5 Å². The second-order valence-electron chi connectivity index (χ2n) is 7.56. The monoisotopic (exact) mass is 419 g/mol. The van der Waals surface area contributed by atoms with Gasteiger partial charge in [0, 0.05) is 5.56 Å². The highest BCUT2D eigenvalue weighted by Gasteiger charge is 2.56. The summed E-state index contributed by atoms with van der Waals surface area (Å²) in [4.78, 5) is 14.3. The molecule has 0 radical (unpaired) electrons. The zero-order chi connectivity index (χ0) is 22.0. The lowest BCUT2D eigenvalue weighted by Crippen LogP contribution is -2.45. The quantitative estimate of drug-likeness (QED) is 0.635. The Kier molecular flexibility index (Phi) is 5.57. The summed E-state index contributed by atoms with van der Waals surface area (Å²) in [5.74, 6) is 1.33. The molecule has 1 aliphatic rings. The number of cyclic esters (lactones) is 1. The van der Waals surface area contributed by atoms with Gasteiger partial charge in [0.1, 0.15) is 11.5 Å². The van der Waals surface area contributed by atoms with Crippen molar-refractivity contribution in [1.82, 2.24) is 4.90 Å². The van der Waals surface area contributed by atoms with Crippen molar-refractivity contribution < 1.29 is 24.1 Å². The minimum absolute atomic E-state index is 0.203. The summed E-state index contributed by atoms with van der Waals surface area (Å²) in [6, 6.07) is 22.0. The fourth-order valence-corrected chi connectivity index (χ4v) is 3.81. The first-order chi connectivity index (χ1) is 15.0. The molecular formula is C25H25NO5. The second-order valence-corrected chi connectivity index (χ2v) is 7.56. The predicted molar refractivity (Wildman–Crippen MR) is 116 cm³/mol. The van der Waals surface area contributed by atoms with Crippen LogP contribution in [0.1, 0.15) is 28.4 Å². The number of amides is 1. The molecule has 1 aliphatic heterocycles. The molecule has 3 aromatic rings. The lowest BCUT2D eigenvalue weighted by Gasteiger charge is -2.35. The smallest absolute Gasteiger partial charge is 0.413 e. The summed E-state index contributed by atoms with van der Waals surface area (Å²) in [5.41, 5.74) is 1.51. The van der Waals surface area contributed by atoms with Gasteiger partial charge in [0.15, 0.2) is 6.10 Å². The van der Waals surface area contributed by atoms with Gasteiger partial charge in [-0.2, -0.15) is 0 Å². The number of nitrogens with zero attached hydrogens (tertiary/aromatic N) is 1. The fourth-order valence-electron chi connectivity index (χ4n) is 3.81. The maximum absolute atomic E-state index is 13.0. The maximum atomic E-state index is 13.0. The predicted octanol–water partition coefficient (Wildman–Crippen LogP) is 4.55. The standard InChI is InChI=1S/C25H25NO5/c1-17-4-6-18(7-5-17)16-26-24(27)31-23(19-8-12-21(29-2)13-9-19)25(26,28)20-10-14-22(30-3)15-11-20/h4-15,23,28H,16H2,1-3H3. The number of aliphatic hydroxyl groups is 1. The minimum atomic E-state index is -1.71. The molecule has 0 saturated carbocycles. The van der Waals surface area contributed by atoms with Gasteiger partial charge in [0.25, 0.3) is 0 Å². The maximum Gasteiger partial charge on any atom is 0.413 e. The summed E-state index contributed by atoms with van der Waals surface area (Å²) in [7, 11) is 3.16. The largest absolute Gasteiger partial charge is 0.497 e. The summed E-state index contributed by atoms with van der Waals surface area (Å²) in [6.45, 7) is 2.20. The number of methoxy groups -OCH3 is 2. The Morgan fingerprint density at radius 1 is 0.903 bits per heavy atom. The van der Waals surface area contributed by atoms with E-state index in [9.17, 15) is 9.90 Å². The third-order valence-corrected chi connectivity index (χ3v) is 5.61. The molecule has 2 atom stereocenters. The molecule has 6 heteroatoms. The molecule has 1 fully saturated rings. The van der Waals surface area contributed by atoms with E-state index in [0.29, 0.717) is 22.6 Å². The number of aryl methyl sites for hydroxylation is 1. The Bertz CT molecular complexity index is 1050. The lowest BCUT2D eigenvalue weighted by molar-refractivity contribution is -0.113. The van der Waals surface area contributed by atoms with Crippen molar-refractivity contribution in [2.75, 3.05) is 14.2 Å². The van der Waals surface area contributed by atoms with E-state index >= 15 is 0 Å². The fraction of sp³-hybridized carbons (Fsp3) is 0.240. The molecule has 0 aliphatic carbocycles. The SMILES string of the molecule is COc1ccc(C2OC(=O)N(Cc3ccc(C)cc3)C2(O)c2ccc(OC)cc2)cc1. The van der Waals surface area contributed by atoms with Crippen molar-refractivity contribution in [2.45, 2.75) is 25.3 Å². The highest BCUT2D eigenvalue weighted by molar-refractivity contribution is 5.72. The number of ether oxygens (including phenoxy) is 3. The minimum Gasteiger partial charge on any atom is -0.497 e. The van der Waals surface area contributed by atoms with Crippen LogP contribution in [-0.2, 0) is 17.0 Å². The van der Waals surface area contributed by atoms with Gasteiger partial charge in [-0.15, -0.1) is 0 Å². The average molecular weight is 419 g/mol. The Balaban J connectivity index is 1.78. The molecule has 0 bridgehead atoms. The summed E-state index contributed by atoms with van der Waals surface area (Å²) >= 11 is 0. The van der Waals surface area contributed by atoms with Crippen LogP contribution in [0.5, 0.6) is 11.5 Å². The van der Waals surface area contributed by atoms with Gasteiger partial charge >= 0.3 is 6.09 Å². The molecule has 160 valence electrons. The first-order valence-electron chi connectivity index (χ1n) is 10.0. The average Bonchev–Trinajstić information content (AvgIpc) is 3.06. The van der Waals surface area contributed by atoms with Crippen molar-refractivity contribution in [2.24, 2.45) is 0 Å². The molecule has 0 spiro atoms. The van der Waals surface area contributed by atoms with Crippen LogP contribution in [0.3, 0.4) is 0 Å². The number of carbonyl (C=O) groups is 1. The molecule has 1 N–H and O–H groups in total. The van der Waals surface area contributed by atoms with Gasteiger partial charge in [0.05, 0.1) is 20.8 Å². The first-order valence-corrected chi connectivity index (χ1v) is 10.0. The number of rotatable bonds is 6. The van der Waals surface area contributed by atoms with Gasteiger partial charge in [-0.25, -0.2) is 4.79 Å². The van der Waals surface area contributed by atoms with E-state index in [1.807, 2.05) is 31.2 Å². The summed E-state index contributed by atoms with van der Waals surface area (Å²) in [6.07, 6.45) is -1.50. The molecule has 3 aromatic carbocycles. The Hall–Kier alpha value is -3.51. The van der Waals surface area contributed by atoms with Crippen molar-refractivity contribution >= 4 is 6.09 Å². The van der Waals surface area contributed by atoms with Crippen LogP contribution < -0.4 is 9.47 Å². The van der Waals surface area contributed by atoms with E-state index in [1.54, 1.807) is 62.8 Å². The third kappa shape index (κ3) is 3.82. The molecular weight excluding hydrogens is 394 g/mol. The molecule has 1 heterocycles. The van der Waals surface area contributed by atoms with Gasteiger partial charge < -0.3 is 19.3 Å². The molecule has 4 rings (SSSR count). The molecule has 6 nitrogen and oxygen atoms in total. The summed E-state index contributed by atoms with van der Waals surface area (Å²) < 4.78 is 16.2. The van der Waals surface area contributed by atoms with E-state index in [-0.39, 0.29) is 6.54 Å². The normalized spacial score (nSPS) is 20.5. The van der Waals surface area contributed by atoms with E-state index in [0.717, 1.165) is 11.1 Å². The van der Waals surface area contributed by atoms with Crippen molar-refractivity contribution in [3.63, 3.8) is 0 Å². The number of benzene rings is 3. The van der Waals surface area contributed by atoms with Gasteiger partial charge in [0.2, 0.25) is 5.72 Å². The van der Waals surface area contributed by atoms with Crippen molar-refractivity contribution in [3.05, 3.63) is 95.1 Å². The van der Waals surface area contributed by atoms with Crippen LogP contribution in [0.15, 0.2) is 72.8 Å². The van der Waals surface area contributed by atoms with Crippen LogP contribution in [0.25, 0.3) is 0 Å². The Labute approximate surface area is 181 Å². The van der Waals surface area contributed by atoms with Gasteiger partial charge in [-0.1, -0.05) is 54.1 Å².